The number of carbonyl (C=O) groups is 2. The third kappa shape index (κ3) is 4.41. The summed E-state index contributed by atoms with van der Waals surface area (Å²) in [5.41, 5.74) is 0.946. The summed E-state index contributed by atoms with van der Waals surface area (Å²) >= 11 is 0. The number of benzene rings is 1. The number of carbonyl (C=O) groups excluding carboxylic acids is 2. The summed E-state index contributed by atoms with van der Waals surface area (Å²) in [6.45, 7) is 1.78. The molecule has 2 fully saturated rings. The van der Waals surface area contributed by atoms with Crippen LogP contribution in [0.3, 0.4) is 0 Å². The molecule has 0 saturated carbocycles. The number of hydrogen-bond donors (Lipinski definition) is 0. The lowest BCUT2D eigenvalue weighted by molar-refractivity contribution is -0.147. The molecule has 148 valence electrons. The zero-order valence-electron chi connectivity index (χ0n) is 15.5. The van der Waals surface area contributed by atoms with Gasteiger partial charge in [0.15, 0.2) is 0 Å². The molecule has 0 unspecified atom stereocenters. The molecule has 2 amide bonds. The molecule has 27 heavy (non-hydrogen) atoms. The third-order valence-electron chi connectivity index (χ3n) is 5.01. The molecular weight excluding hydrogens is 370 g/mol. The molecule has 2 aliphatic rings. The van der Waals surface area contributed by atoms with Crippen molar-refractivity contribution in [2.24, 2.45) is 0 Å². The second kappa shape index (κ2) is 8.26. The number of methoxy groups -OCH3 is 1. The maximum absolute atomic E-state index is 12.6. The standard InChI is InChI=1S/C18H25N3O5S/c1-26-16-6-3-2-5-15(16)19-9-11-20(12-10-19)27(24,25)14-13-21-17(22)7-4-8-18(21)23/h2-3,5-6H,4,7-14H2,1H3. The Kier molecular flexibility index (Phi) is 6.01. The van der Waals surface area contributed by atoms with Gasteiger partial charge in [-0.3, -0.25) is 14.5 Å². The van der Waals surface area contributed by atoms with Gasteiger partial charge >= 0.3 is 0 Å². The third-order valence-corrected chi connectivity index (χ3v) is 6.86. The van der Waals surface area contributed by atoms with E-state index in [1.807, 2.05) is 24.3 Å². The van der Waals surface area contributed by atoms with Crippen LogP contribution >= 0.6 is 0 Å². The number of rotatable bonds is 6. The fourth-order valence-corrected chi connectivity index (χ4v) is 4.87. The van der Waals surface area contributed by atoms with E-state index < -0.39 is 10.0 Å². The highest BCUT2D eigenvalue weighted by molar-refractivity contribution is 7.89. The van der Waals surface area contributed by atoms with Gasteiger partial charge in [-0.2, -0.15) is 4.31 Å². The first-order chi connectivity index (χ1) is 12.9. The van der Waals surface area contributed by atoms with Crippen molar-refractivity contribution in [2.45, 2.75) is 19.3 Å². The van der Waals surface area contributed by atoms with Crippen molar-refractivity contribution in [1.29, 1.82) is 0 Å². The van der Waals surface area contributed by atoms with Gasteiger partial charge in [0.1, 0.15) is 5.75 Å². The van der Waals surface area contributed by atoms with Crippen molar-refractivity contribution < 1.29 is 22.7 Å². The predicted octanol–water partition coefficient (Wildman–Crippen LogP) is 0.686. The normalized spacial score (nSPS) is 19.4. The van der Waals surface area contributed by atoms with Crippen molar-refractivity contribution >= 4 is 27.5 Å². The van der Waals surface area contributed by atoms with E-state index in [9.17, 15) is 18.0 Å². The maximum atomic E-state index is 12.6. The Morgan fingerprint density at radius 1 is 1.00 bits per heavy atom. The van der Waals surface area contributed by atoms with Crippen molar-refractivity contribution in [3.63, 3.8) is 0 Å². The zero-order valence-corrected chi connectivity index (χ0v) is 16.3. The molecule has 1 aromatic rings. The van der Waals surface area contributed by atoms with E-state index in [4.69, 9.17) is 4.74 Å². The molecule has 3 rings (SSSR count). The highest BCUT2D eigenvalue weighted by Gasteiger charge is 2.31. The largest absolute Gasteiger partial charge is 0.495 e. The monoisotopic (exact) mass is 395 g/mol. The molecule has 1 aromatic carbocycles. The molecule has 0 atom stereocenters. The van der Waals surface area contributed by atoms with E-state index in [0.29, 0.717) is 45.4 Å². The average Bonchev–Trinajstić information content (AvgIpc) is 2.67. The summed E-state index contributed by atoms with van der Waals surface area (Å²) in [4.78, 5) is 26.9. The Bertz CT molecular complexity index is 787. The molecule has 9 heteroatoms. The molecule has 0 radical (unpaired) electrons. The average molecular weight is 395 g/mol. The van der Waals surface area contributed by atoms with Gasteiger partial charge in [-0.25, -0.2) is 8.42 Å². The molecule has 0 aliphatic carbocycles. The molecule has 2 aliphatic heterocycles. The van der Waals surface area contributed by atoms with Crippen molar-refractivity contribution in [3.8, 4) is 5.75 Å². The summed E-state index contributed by atoms with van der Waals surface area (Å²) in [7, 11) is -1.91. The van der Waals surface area contributed by atoms with Crippen LogP contribution < -0.4 is 9.64 Å². The lowest BCUT2D eigenvalue weighted by Crippen LogP contribution is -2.51. The van der Waals surface area contributed by atoms with E-state index in [2.05, 4.69) is 4.90 Å². The zero-order chi connectivity index (χ0) is 19.4. The van der Waals surface area contributed by atoms with Gasteiger partial charge in [0, 0.05) is 45.6 Å². The molecule has 0 aromatic heterocycles. The Morgan fingerprint density at radius 2 is 1.63 bits per heavy atom. The lowest BCUT2D eigenvalue weighted by Gasteiger charge is -2.36. The van der Waals surface area contributed by atoms with Crippen LogP contribution in [0.25, 0.3) is 0 Å². The number of ether oxygens (including phenoxy) is 1. The fourth-order valence-electron chi connectivity index (χ4n) is 3.48. The van der Waals surface area contributed by atoms with Crippen LogP contribution in [0.15, 0.2) is 24.3 Å². The highest BCUT2D eigenvalue weighted by atomic mass is 32.2. The van der Waals surface area contributed by atoms with E-state index in [1.54, 1.807) is 7.11 Å². The van der Waals surface area contributed by atoms with Crippen LogP contribution in [-0.2, 0) is 19.6 Å². The number of piperazine rings is 1. The number of piperidine rings is 1. The Hall–Kier alpha value is -2.13. The van der Waals surface area contributed by atoms with E-state index in [0.717, 1.165) is 16.3 Å². The fraction of sp³-hybridized carbons (Fsp3) is 0.556. The van der Waals surface area contributed by atoms with Gasteiger partial charge in [0.2, 0.25) is 21.8 Å². The molecule has 0 N–H and O–H groups in total. The number of likely N-dealkylation sites (tertiary alicyclic amines) is 1. The molecule has 8 nitrogen and oxygen atoms in total. The second-order valence-electron chi connectivity index (χ2n) is 6.67. The van der Waals surface area contributed by atoms with Crippen LogP contribution in [0, 0.1) is 0 Å². The van der Waals surface area contributed by atoms with Crippen LogP contribution in [0.5, 0.6) is 5.75 Å². The summed E-state index contributed by atoms with van der Waals surface area (Å²) in [5.74, 6) is -0.0140. The molecule has 0 spiro atoms. The van der Waals surface area contributed by atoms with Gasteiger partial charge in [0.25, 0.3) is 0 Å². The maximum Gasteiger partial charge on any atom is 0.229 e. The number of sulfonamides is 1. The second-order valence-corrected chi connectivity index (χ2v) is 8.76. The Balaban J connectivity index is 1.58. The minimum Gasteiger partial charge on any atom is -0.495 e. The van der Waals surface area contributed by atoms with Gasteiger partial charge < -0.3 is 9.64 Å². The molecular formula is C18H25N3O5S. The van der Waals surface area contributed by atoms with Crippen LogP contribution in [0.1, 0.15) is 19.3 Å². The Labute approximate surface area is 159 Å². The minimum absolute atomic E-state index is 0.0628. The summed E-state index contributed by atoms with van der Waals surface area (Å²) in [6.07, 6.45) is 1.17. The van der Waals surface area contributed by atoms with Gasteiger partial charge in [-0.05, 0) is 18.6 Å². The van der Waals surface area contributed by atoms with E-state index in [1.165, 1.54) is 4.31 Å². The van der Waals surface area contributed by atoms with Crippen LogP contribution in [-0.4, -0.2) is 75.0 Å². The number of nitrogens with zero attached hydrogens (tertiary/aromatic N) is 3. The molecule has 2 heterocycles. The molecule has 0 bridgehead atoms. The SMILES string of the molecule is COc1ccccc1N1CCN(S(=O)(=O)CCN2C(=O)CCCC2=O)CC1. The summed E-state index contributed by atoms with van der Waals surface area (Å²) < 4.78 is 32.1. The van der Waals surface area contributed by atoms with Crippen LogP contribution in [0.4, 0.5) is 5.69 Å². The highest BCUT2D eigenvalue weighted by Crippen LogP contribution is 2.28. The Morgan fingerprint density at radius 3 is 2.26 bits per heavy atom. The van der Waals surface area contributed by atoms with Crippen LogP contribution in [0.2, 0.25) is 0 Å². The first kappa shape index (κ1) is 19.6. The smallest absolute Gasteiger partial charge is 0.229 e. The quantitative estimate of drug-likeness (QED) is 0.659. The van der Waals surface area contributed by atoms with Crippen molar-refractivity contribution in [2.75, 3.05) is 50.5 Å². The summed E-state index contributed by atoms with van der Waals surface area (Å²) in [5, 5.41) is 0. The predicted molar refractivity (Wildman–Crippen MR) is 101 cm³/mol. The van der Waals surface area contributed by atoms with E-state index >= 15 is 0 Å². The number of anilines is 1. The van der Waals surface area contributed by atoms with Crippen molar-refractivity contribution in [3.05, 3.63) is 24.3 Å². The number of hydrogen-bond acceptors (Lipinski definition) is 6. The number of amides is 2. The lowest BCUT2D eigenvalue weighted by atomic mass is 10.1. The number of para-hydroxylation sites is 2. The van der Waals surface area contributed by atoms with E-state index in [-0.39, 0.29) is 24.1 Å². The van der Waals surface area contributed by atoms with Gasteiger partial charge in [0.05, 0.1) is 18.6 Å². The summed E-state index contributed by atoms with van der Waals surface area (Å²) in [6, 6.07) is 7.65. The van der Waals surface area contributed by atoms with Gasteiger partial charge in [-0.1, -0.05) is 12.1 Å². The minimum atomic E-state index is -3.52. The van der Waals surface area contributed by atoms with Gasteiger partial charge in [-0.15, -0.1) is 0 Å². The first-order valence-electron chi connectivity index (χ1n) is 9.11. The topological polar surface area (TPSA) is 87.2 Å². The molecule has 2 saturated heterocycles. The first-order valence-corrected chi connectivity index (χ1v) is 10.7. The number of imide groups is 1. The van der Waals surface area contributed by atoms with Crippen molar-refractivity contribution in [1.82, 2.24) is 9.21 Å².